The summed E-state index contributed by atoms with van der Waals surface area (Å²) in [6.07, 6.45) is 1.52. The SMILES string of the molecule is O=C(O)CN(C(=O)c1ccc[nH]c1=O)C1CCS(=O)(=O)C1. The van der Waals surface area contributed by atoms with E-state index in [0.29, 0.717) is 0 Å². The Balaban J connectivity index is 2.33. The van der Waals surface area contributed by atoms with Gasteiger partial charge in [-0.2, -0.15) is 0 Å². The molecule has 1 saturated heterocycles. The molecule has 1 aromatic rings. The van der Waals surface area contributed by atoms with Crippen LogP contribution in [0.15, 0.2) is 23.1 Å². The number of hydrogen-bond donors (Lipinski definition) is 2. The number of nitrogens with zero attached hydrogens (tertiary/aromatic N) is 1. The van der Waals surface area contributed by atoms with Crippen molar-refractivity contribution in [2.45, 2.75) is 12.5 Å². The van der Waals surface area contributed by atoms with Crippen molar-refractivity contribution in [1.82, 2.24) is 9.88 Å². The minimum absolute atomic E-state index is 0.0911. The molecular weight excluding hydrogens is 300 g/mol. The van der Waals surface area contributed by atoms with Crippen LogP contribution < -0.4 is 5.56 Å². The Labute approximate surface area is 120 Å². The number of pyridine rings is 1. The molecule has 1 unspecified atom stereocenters. The third-order valence-electron chi connectivity index (χ3n) is 3.26. The molecule has 114 valence electrons. The normalized spacial score (nSPS) is 20.1. The molecule has 1 aromatic heterocycles. The predicted octanol–water partition coefficient (Wildman–Crippen LogP) is -0.911. The van der Waals surface area contributed by atoms with Gasteiger partial charge in [-0.05, 0) is 18.6 Å². The highest BCUT2D eigenvalue weighted by Crippen LogP contribution is 2.19. The van der Waals surface area contributed by atoms with E-state index in [1.54, 1.807) is 0 Å². The first-order valence-corrected chi connectivity index (χ1v) is 8.03. The highest BCUT2D eigenvalue weighted by molar-refractivity contribution is 7.91. The second kappa shape index (κ2) is 5.68. The summed E-state index contributed by atoms with van der Waals surface area (Å²) in [7, 11) is -3.27. The monoisotopic (exact) mass is 314 g/mol. The molecule has 0 saturated carbocycles. The van der Waals surface area contributed by atoms with Gasteiger partial charge in [0.2, 0.25) is 0 Å². The Kier molecular flexibility index (Phi) is 4.12. The van der Waals surface area contributed by atoms with Gasteiger partial charge in [0.1, 0.15) is 12.1 Å². The van der Waals surface area contributed by atoms with Gasteiger partial charge in [-0.1, -0.05) is 0 Å². The molecule has 2 rings (SSSR count). The molecule has 0 bridgehead atoms. The lowest BCUT2D eigenvalue weighted by Crippen LogP contribution is -2.45. The topological polar surface area (TPSA) is 125 Å². The number of hydrogen-bond acceptors (Lipinski definition) is 5. The van der Waals surface area contributed by atoms with Crippen molar-refractivity contribution in [2.75, 3.05) is 18.1 Å². The van der Waals surface area contributed by atoms with E-state index in [1.807, 2.05) is 0 Å². The largest absolute Gasteiger partial charge is 0.480 e. The quantitative estimate of drug-likeness (QED) is 0.741. The lowest BCUT2D eigenvalue weighted by Gasteiger charge is -2.26. The summed E-state index contributed by atoms with van der Waals surface area (Å²) in [6.45, 7) is -0.645. The number of aliphatic carboxylic acids is 1. The lowest BCUT2D eigenvalue weighted by atomic mass is 10.1. The van der Waals surface area contributed by atoms with Gasteiger partial charge in [-0.15, -0.1) is 0 Å². The number of carbonyl (C=O) groups excluding carboxylic acids is 1. The van der Waals surface area contributed by atoms with Crippen LogP contribution in [0.4, 0.5) is 0 Å². The Morgan fingerprint density at radius 3 is 2.67 bits per heavy atom. The smallest absolute Gasteiger partial charge is 0.323 e. The summed E-state index contributed by atoms with van der Waals surface area (Å²) in [6, 6.07) is 2.00. The Hall–Kier alpha value is -2.16. The van der Waals surface area contributed by atoms with Crippen molar-refractivity contribution >= 4 is 21.7 Å². The van der Waals surface area contributed by atoms with Crippen molar-refractivity contribution in [3.05, 3.63) is 34.2 Å². The van der Waals surface area contributed by atoms with Crippen LogP contribution >= 0.6 is 0 Å². The number of sulfone groups is 1. The standard InChI is InChI=1S/C12H14N2O6S/c15-10(16)6-14(8-3-5-21(19,20)7-8)12(18)9-2-1-4-13-11(9)17/h1-2,4,8H,3,5-7H2,(H,13,17)(H,15,16). The number of aromatic nitrogens is 1. The molecular formula is C12H14N2O6S. The van der Waals surface area contributed by atoms with Gasteiger partial charge >= 0.3 is 5.97 Å². The van der Waals surface area contributed by atoms with Crippen molar-refractivity contribution in [3.8, 4) is 0 Å². The fourth-order valence-electron chi connectivity index (χ4n) is 2.28. The zero-order chi connectivity index (χ0) is 15.6. The maximum Gasteiger partial charge on any atom is 0.323 e. The molecule has 1 amide bonds. The van der Waals surface area contributed by atoms with Crippen LogP contribution in [0, 0.1) is 0 Å². The molecule has 1 aliphatic heterocycles. The minimum Gasteiger partial charge on any atom is -0.480 e. The third kappa shape index (κ3) is 3.48. The van der Waals surface area contributed by atoms with E-state index in [-0.39, 0.29) is 23.5 Å². The van der Waals surface area contributed by atoms with E-state index < -0.39 is 39.9 Å². The number of rotatable bonds is 4. The summed E-state index contributed by atoms with van der Waals surface area (Å²) in [4.78, 5) is 38.2. The number of carbonyl (C=O) groups is 2. The van der Waals surface area contributed by atoms with Gasteiger partial charge in [-0.25, -0.2) is 8.42 Å². The van der Waals surface area contributed by atoms with E-state index in [9.17, 15) is 22.8 Å². The minimum atomic E-state index is -3.27. The van der Waals surface area contributed by atoms with Gasteiger partial charge in [0, 0.05) is 12.2 Å². The lowest BCUT2D eigenvalue weighted by molar-refractivity contribution is -0.138. The Morgan fingerprint density at radius 1 is 1.43 bits per heavy atom. The predicted molar refractivity (Wildman–Crippen MR) is 72.8 cm³/mol. The van der Waals surface area contributed by atoms with Crippen LogP contribution in [0.5, 0.6) is 0 Å². The van der Waals surface area contributed by atoms with E-state index in [0.717, 1.165) is 4.90 Å². The number of amides is 1. The molecule has 8 nitrogen and oxygen atoms in total. The molecule has 0 radical (unpaired) electrons. The van der Waals surface area contributed by atoms with Crippen molar-refractivity contribution in [2.24, 2.45) is 0 Å². The molecule has 0 spiro atoms. The second-order valence-electron chi connectivity index (χ2n) is 4.80. The van der Waals surface area contributed by atoms with Crippen molar-refractivity contribution in [1.29, 1.82) is 0 Å². The first-order chi connectivity index (χ1) is 9.80. The summed E-state index contributed by atoms with van der Waals surface area (Å²) in [5.74, 6) is -2.41. The number of carboxylic acid groups (broad SMARTS) is 1. The van der Waals surface area contributed by atoms with Gasteiger partial charge in [0.05, 0.1) is 11.5 Å². The molecule has 21 heavy (non-hydrogen) atoms. The van der Waals surface area contributed by atoms with E-state index >= 15 is 0 Å². The Morgan fingerprint density at radius 2 is 2.14 bits per heavy atom. The second-order valence-corrected chi connectivity index (χ2v) is 7.03. The van der Waals surface area contributed by atoms with Gasteiger partial charge < -0.3 is 15.0 Å². The molecule has 9 heteroatoms. The van der Waals surface area contributed by atoms with Crippen molar-refractivity contribution < 1.29 is 23.1 Å². The van der Waals surface area contributed by atoms with Crippen LogP contribution in [-0.4, -0.2) is 59.4 Å². The summed E-state index contributed by atoms with van der Waals surface area (Å²) < 4.78 is 23.0. The molecule has 1 fully saturated rings. The van der Waals surface area contributed by atoms with E-state index in [1.165, 1.54) is 18.3 Å². The first kappa shape index (κ1) is 15.2. The van der Waals surface area contributed by atoms with Gasteiger partial charge in [0.25, 0.3) is 11.5 Å². The fraction of sp³-hybridized carbons (Fsp3) is 0.417. The third-order valence-corrected chi connectivity index (χ3v) is 5.01. The molecule has 0 aliphatic carbocycles. The van der Waals surface area contributed by atoms with E-state index in [2.05, 4.69) is 4.98 Å². The number of H-pyrrole nitrogens is 1. The zero-order valence-electron chi connectivity index (χ0n) is 11.0. The maximum absolute atomic E-state index is 12.3. The maximum atomic E-state index is 12.3. The van der Waals surface area contributed by atoms with Crippen LogP contribution in [0.2, 0.25) is 0 Å². The van der Waals surface area contributed by atoms with Crippen molar-refractivity contribution in [3.63, 3.8) is 0 Å². The molecule has 1 atom stereocenters. The zero-order valence-corrected chi connectivity index (χ0v) is 11.8. The van der Waals surface area contributed by atoms with E-state index in [4.69, 9.17) is 5.11 Å². The number of aromatic amines is 1. The van der Waals surface area contributed by atoms with Gasteiger partial charge in [-0.3, -0.25) is 14.4 Å². The van der Waals surface area contributed by atoms with Crippen LogP contribution in [0.25, 0.3) is 0 Å². The van der Waals surface area contributed by atoms with Gasteiger partial charge in [0.15, 0.2) is 9.84 Å². The fourth-order valence-corrected chi connectivity index (χ4v) is 4.01. The molecule has 1 aliphatic rings. The average molecular weight is 314 g/mol. The number of nitrogens with one attached hydrogen (secondary N) is 1. The summed E-state index contributed by atoms with van der Waals surface area (Å²) in [5.41, 5.74) is -0.846. The first-order valence-electron chi connectivity index (χ1n) is 6.21. The summed E-state index contributed by atoms with van der Waals surface area (Å²) in [5, 5.41) is 8.91. The average Bonchev–Trinajstić information content (AvgIpc) is 2.76. The highest BCUT2D eigenvalue weighted by Gasteiger charge is 2.36. The molecule has 2 heterocycles. The van der Waals surface area contributed by atoms with Crippen LogP contribution in [-0.2, 0) is 14.6 Å². The van der Waals surface area contributed by atoms with Crippen LogP contribution in [0.3, 0.4) is 0 Å². The molecule has 0 aromatic carbocycles. The Bertz CT molecular complexity index is 723. The summed E-state index contributed by atoms with van der Waals surface area (Å²) >= 11 is 0. The van der Waals surface area contributed by atoms with Crippen LogP contribution in [0.1, 0.15) is 16.8 Å². The highest BCUT2D eigenvalue weighted by atomic mass is 32.2. The number of carboxylic acids is 1. The molecule has 2 N–H and O–H groups in total.